The minimum atomic E-state index is 0.960. The van der Waals surface area contributed by atoms with Crippen molar-refractivity contribution in [2.45, 2.75) is 6.42 Å². The van der Waals surface area contributed by atoms with Crippen LogP contribution in [0.25, 0.3) is 0 Å². The number of halogens is 1. The number of hydrogen-bond acceptors (Lipinski definition) is 1. The Bertz CT molecular complexity index is 335. The van der Waals surface area contributed by atoms with Gasteiger partial charge in [-0.3, -0.25) is 4.99 Å². The van der Waals surface area contributed by atoms with Crippen molar-refractivity contribution >= 4 is 21.6 Å². The fourth-order valence-electron chi connectivity index (χ4n) is 1.19. The van der Waals surface area contributed by atoms with Gasteiger partial charge in [0.25, 0.3) is 0 Å². The van der Waals surface area contributed by atoms with E-state index in [1.165, 1.54) is 5.56 Å². The molecule has 0 atom stereocenters. The first-order chi connectivity index (χ1) is 5.86. The molecule has 0 amide bonds. The molecule has 1 aliphatic rings. The fourth-order valence-corrected chi connectivity index (χ4v) is 1.46. The predicted octanol–water partition coefficient (Wildman–Crippen LogP) is 3.16. The maximum absolute atomic E-state index is 4.26. The predicted molar refractivity (Wildman–Crippen MR) is 54.4 cm³/mol. The molecule has 0 saturated heterocycles. The SMILES string of the molecule is Brc1ccc(C2=NC=CC2)cc1. The fraction of sp³-hybridized carbons (Fsp3) is 0.100. The topological polar surface area (TPSA) is 12.4 Å². The first-order valence-corrected chi connectivity index (χ1v) is 4.63. The van der Waals surface area contributed by atoms with E-state index in [0.717, 1.165) is 16.6 Å². The van der Waals surface area contributed by atoms with Gasteiger partial charge in [-0.15, -0.1) is 0 Å². The molecule has 2 heteroatoms. The third-order valence-electron chi connectivity index (χ3n) is 1.82. The summed E-state index contributed by atoms with van der Waals surface area (Å²) < 4.78 is 1.11. The monoisotopic (exact) mass is 221 g/mol. The third kappa shape index (κ3) is 1.48. The molecule has 0 N–H and O–H groups in total. The summed E-state index contributed by atoms with van der Waals surface area (Å²) in [6, 6.07) is 8.23. The lowest BCUT2D eigenvalue weighted by Gasteiger charge is -1.99. The van der Waals surface area contributed by atoms with Crippen molar-refractivity contribution in [2.75, 3.05) is 0 Å². The molecule has 0 saturated carbocycles. The molecule has 0 aromatic heterocycles. The molecule has 1 aromatic rings. The second kappa shape index (κ2) is 3.23. The minimum absolute atomic E-state index is 0.960. The van der Waals surface area contributed by atoms with Crippen LogP contribution < -0.4 is 0 Å². The van der Waals surface area contributed by atoms with Crippen molar-refractivity contribution in [1.29, 1.82) is 0 Å². The van der Waals surface area contributed by atoms with E-state index < -0.39 is 0 Å². The van der Waals surface area contributed by atoms with Gasteiger partial charge in [-0.25, -0.2) is 0 Å². The van der Waals surface area contributed by atoms with Gasteiger partial charge in [0.15, 0.2) is 0 Å². The van der Waals surface area contributed by atoms with Crippen LogP contribution >= 0.6 is 15.9 Å². The van der Waals surface area contributed by atoms with E-state index in [9.17, 15) is 0 Å². The quantitative estimate of drug-likeness (QED) is 0.692. The van der Waals surface area contributed by atoms with Crippen LogP contribution in [0.1, 0.15) is 12.0 Å². The van der Waals surface area contributed by atoms with Crippen molar-refractivity contribution in [1.82, 2.24) is 0 Å². The summed E-state index contributed by atoms with van der Waals surface area (Å²) in [5.41, 5.74) is 2.37. The van der Waals surface area contributed by atoms with Gasteiger partial charge in [0.2, 0.25) is 0 Å². The van der Waals surface area contributed by atoms with Crippen LogP contribution in [-0.2, 0) is 0 Å². The average molecular weight is 222 g/mol. The van der Waals surface area contributed by atoms with E-state index in [-0.39, 0.29) is 0 Å². The Morgan fingerprint density at radius 2 is 1.92 bits per heavy atom. The van der Waals surface area contributed by atoms with Crippen molar-refractivity contribution < 1.29 is 0 Å². The summed E-state index contributed by atoms with van der Waals surface area (Å²) in [6.45, 7) is 0. The smallest absolute Gasteiger partial charge is 0.0513 e. The third-order valence-corrected chi connectivity index (χ3v) is 2.35. The number of nitrogens with zero attached hydrogens (tertiary/aromatic N) is 1. The molecule has 0 radical (unpaired) electrons. The van der Waals surface area contributed by atoms with Gasteiger partial charge >= 0.3 is 0 Å². The van der Waals surface area contributed by atoms with Gasteiger partial charge < -0.3 is 0 Å². The standard InChI is InChI=1S/C10H8BrN/c11-9-5-3-8(4-6-9)10-2-1-7-12-10/h1,3-7H,2H2. The van der Waals surface area contributed by atoms with E-state index >= 15 is 0 Å². The summed E-state index contributed by atoms with van der Waals surface area (Å²) >= 11 is 3.40. The van der Waals surface area contributed by atoms with Crippen LogP contribution in [0.2, 0.25) is 0 Å². The van der Waals surface area contributed by atoms with Gasteiger partial charge in [-0.1, -0.05) is 34.1 Å². The van der Waals surface area contributed by atoms with E-state index in [1.54, 1.807) is 0 Å². The average Bonchev–Trinajstić information content (AvgIpc) is 2.58. The van der Waals surface area contributed by atoms with Gasteiger partial charge in [0.05, 0.1) is 5.71 Å². The highest BCUT2D eigenvalue weighted by Crippen LogP contribution is 2.14. The molecule has 1 nitrogen and oxygen atoms in total. The zero-order valence-electron chi connectivity index (χ0n) is 6.50. The number of allylic oxidation sites excluding steroid dienone is 1. The Labute approximate surface area is 80.0 Å². The summed E-state index contributed by atoms with van der Waals surface area (Å²) in [5.74, 6) is 0. The number of aliphatic imine (C=N–C) groups is 1. The molecular weight excluding hydrogens is 214 g/mol. The molecule has 0 bridgehead atoms. The van der Waals surface area contributed by atoms with Gasteiger partial charge in [-0.05, 0) is 17.7 Å². The highest BCUT2D eigenvalue weighted by atomic mass is 79.9. The lowest BCUT2D eigenvalue weighted by Crippen LogP contribution is -1.94. The Morgan fingerprint density at radius 3 is 2.50 bits per heavy atom. The molecule has 12 heavy (non-hydrogen) atoms. The first kappa shape index (κ1) is 7.74. The van der Waals surface area contributed by atoms with Crippen LogP contribution in [0.15, 0.2) is 46.0 Å². The number of benzene rings is 1. The van der Waals surface area contributed by atoms with Crippen LogP contribution in [0.4, 0.5) is 0 Å². The largest absolute Gasteiger partial charge is 0.261 e. The van der Waals surface area contributed by atoms with Crippen molar-refractivity contribution in [2.24, 2.45) is 4.99 Å². The number of hydrogen-bond donors (Lipinski definition) is 0. The summed E-state index contributed by atoms with van der Waals surface area (Å²) in [4.78, 5) is 4.26. The molecular formula is C10H8BrN. The van der Waals surface area contributed by atoms with E-state index in [0.29, 0.717) is 0 Å². The Balaban J connectivity index is 2.30. The Morgan fingerprint density at radius 1 is 1.17 bits per heavy atom. The first-order valence-electron chi connectivity index (χ1n) is 3.84. The molecule has 0 fully saturated rings. The highest BCUT2D eigenvalue weighted by Gasteiger charge is 2.03. The zero-order valence-corrected chi connectivity index (χ0v) is 8.08. The van der Waals surface area contributed by atoms with Gasteiger partial charge in [-0.2, -0.15) is 0 Å². The van der Waals surface area contributed by atoms with Crippen LogP contribution in [0, 0.1) is 0 Å². The van der Waals surface area contributed by atoms with Crippen molar-refractivity contribution in [3.05, 3.63) is 46.6 Å². The molecule has 2 rings (SSSR count). The summed E-state index contributed by atoms with van der Waals surface area (Å²) in [5, 5.41) is 0. The highest BCUT2D eigenvalue weighted by molar-refractivity contribution is 9.10. The van der Waals surface area contributed by atoms with Gasteiger partial charge in [0, 0.05) is 17.1 Å². The lowest BCUT2D eigenvalue weighted by atomic mass is 10.1. The van der Waals surface area contributed by atoms with E-state index in [2.05, 4.69) is 39.1 Å². The summed E-state index contributed by atoms with van der Waals surface area (Å²) in [6.07, 6.45) is 4.89. The second-order valence-corrected chi connectivity index (χ2v) is 3.59. The van der Waals surface area contributed by atoms with Crippen LogP contribution in [0.3, 0.4) is 0 Å². The lowest BCUT2D eigenvalue weighted by molar-refractivity contribution is 1.48. The molecule has 0 aliphatic carbocycles. The summed E-state index contributed by atoms with van der Waals surface area (Å²) in [7, 11) is 0. The van der Waals surface area contributed by atoms with Crippen molar-refractivity contribution in [3.63, 3.8) is 0 Å². The molecule has 1 heterocycles. The maximum Gasteiger partial charge on any atom is 0.0513 e. The van der Waals surface area contributed by atoms with Crippen molar-refractivity contribution in [3.8, 4) is 0 Å². The van der Waals surface area contributed by atoms with E-state index in [4.69, 9.17) is 0 Å². The molecule has 0 spiro atoms. The molecule has 1 aliphatic heterocycles. The van der Waals surface area contributed by atoms with E-state index in [1.807, 2.05) is 18.3 Å². The molecule has 0 unspecified atom stereocenters. The minimum Gasteiger partial charge on any atom is -0.261 e. The second-order valence-electron chi connectivity index (χ2n) is 2.67. The molecule has 60 valence electrons. The van der Waals surface area contributed by atoms with Gasteiger partial charge in [0.1, 0.15) is 0 Å². The number of rotatable bonds is 1. The van der Waals surface area contributed by atoms with Crippen LogP contribution in [0.5, 0.6) is 0 Å². The Kier molecular flexibility index (Phi) is 2.09. The zero-order chi connectivity index (χ0) is 8.39. The molecule has 1 aromatic carbocycles. The van der Waals surface area contributed by atoms with Crippen LogP contribution in [-0.4, -0.2) is 5.71 Å². The maximum atomic E-state index is 4.26. The normalized spacial score (nSPS) is 14.9. The Hall–Kier alpha value is -0.890.